The van der Waals surface area contributed by atoms with Gasteiger partial charge in [-0.05, 0) is 46.8 Å². The van der Waals surface area contributed by atoms with Crippen LogP contribution in [0.3, 0.4) is 0 Å². The molecule has 1 aromatic heterocycles. The number of benzene rings is 1. The summed E-state index contributed by atoms with van der Waals surface area (Å²) in [5.41, 5.74) is 5.03. The van der Waals surface area contributed by atoms with Crippen LogP contribution in [0.1, 0.15) is 30.8 Å². The maximum Gasteiger partial charge on any atom is 0.331 e. The number of amides is 1. The number of hydrogen-bond acceptors (Lipinski definition) is 4. The van der Waals surface area contributed by atoms with Crippen LogP contribution in [-0.2, 0) is 14.3 Å². The normalized spacial score (nSPS) is 10.3. The van der Waals surface area contributed by atoms with Crippen LogP contribution in [0.4, 0.5) is 5.69 Å². The molecule has 0 radical (unpaired) electrons. The summed E-state index contributed by atoms with van der Waals surface area (Å²) in [6, 6.07) is 7.96. The van der Waals surface area contributed by atoms with Crippen molar-refractivity contribution in [3.8, 4) is 5.69 Å². The molecule has 0 spiro atoms. The molecule has 6 heteroatoms. The molecule has 1 aromatic carbocycles. The summed E-state index contributed by atoms with van der Waals surface area (Å²) in [5, 5.41) is 7.25. The Labute approximate surface area is 147 Å². The van der Waals surface area contributed by atoms with E-state index < -0.39 is 11.9 Å². The van der Waals surface area contributed by atoms with Gasteiger partial charge in [-0.3, -0.25) is 4.79 Å². The predicted octanol–water partition coefficient (Wildman–Crippen LogP) is 3.25. The number of aromatic nitrogens is 2. The molecule has 0 fully saturated rings. The van der Waals surface area contributed by atoms with Crippen molar-refractivity contribution in [2.24, 2.45) is 0 Å². The number of allylic oxidation sites excluding steroid dienone is 1. The standard InChI is InChI=1S/C19H23N3O3/c1-12(2)10-18(24)25-11-17(23)20-19-14(4)21-22(15(19)5)16-8-6-13(3)7-9-16/h6-10H,11H2,1-5H3,(H,20,23). The fraction of sp³-hybridized carbons (Fsp3) is 0.316. The number of carbonyl (C=O) groups is 2. The van der Waals surface area contributed by atoms with E-state index in [0.29, 0.717) is 11.4 Å². The molecule has 2 rings (SSSR count). The van der Waals surface area contributed by atoms with Crippen molar-refractivity contribution in [3.63, 3.8) is 0 Å². The lowest BCUT2D eigenvalue weighted by Crippen LogP contribution is -2.21. The molecule has 0 unspecified atom stereocenters. The van der Waals surface area contributed by atoms with Gasteiger partial charge in [0.05, 0.1) is 22.8 Å². The molecule has 1 N–H and O–H groups in total. The second-order valence-electron chi connectivity index (χ2n) is 6.17. The average molecular weight is 341 g/mol. The van der Waals surface area contributed by atoms with Crippen LogP contribution in [0, 0.1) is 20.8 Å². The fourth-order valence-corrected chi connectivity index (χ4v) is 2.35. The van der Waals surface area contributed by atoms with Crippen molar-refractivity contribution in [1.29, 1.82) is 0 Å². The van der Waals surface area contributed by atoms with Gasteiger partial charge >= 0.3 is 5.97 Å². The molecule has 0 saturated carbocycles. The molecular formula is C19H23N3O3. The molecule has 0 atom stereocenters. The molecule has 1 amide bonds. The molecule has 6 nitrogen and oxygen atoms in total. The highest BCUT2D eigenvalue weighted by molar-refractivity contribution is 5.94. The second-order valence-corrected chi connectivity index (χ2v) is 6.17. The Morgan fingerprint density at radius 1 is 1.16 bits per heavy atom. The maximum absolute atomic E-state index is 12.1. The van der Waals surface area contributed by atoms with Gasteiger partial charge < -0.3 is 10.1 Å². The van der Waals surface area contributed by atoms with E-state index in [-0.39, 0.29) is 6.61 Å². The van der Waals surface area contributed by atoms with Gasteiger partial charge in [0.1, 0.15) is 0 Å². The molecule has 0 aliphatic heterocycles. The van der Waals surface area contributed by atoms with E-state index in [0.717, 1.165) is 22.5 Å². The first-order valence-corrected chi connectivity index (χ1v) is 8.02. The van der Waals surface area contributed by atoms with Gasteiger partial charge in [-0.1, -0.05) is 23.3 Å². The summed E-state index contributed by atoms with van der Waals surface area (Å²) in [4.78, 5) is 23.5. The van der Waals surface area contributed by atoms with Gasteiger partial charge in [0, 0.05) is 6.08 Å². The Kier molecular flexibility index (Phi) is 5.75. The predicted molar refractivity (Wildman–Crippen MR) is 96.8 cm³/mol. The van der Waals surface area contributed by atoms with Crippen LogP contribution in [-0.4, -0.2) is 28.3 Å². The van der Waals surface area contributed by atoms with E-state index in [1.807, 2.05) is 45.0 Å². The van der Waals surface area contributed by atoms with Crippen molar-refractivity contribution in [3.05, 3.63) is 52.9 Å². The quantitative estimate of drug-likeness (QED) is 0.669. The Morgan fingerprint density at radius 3 is 2.40 bits per heavy atom. The van der Waals surface area contributed by atoms with E-state index in [1.54, 1.807) is 18.5 Å². The van der Waals surface area contributed by atoms with Crippen molar-refractivity contribution in [1.82, 2.24) is 9.78 Å². The molecule has 25 heavy (non-hydrogen) atoms. The number of ether oxygens (including phenoxy) is 1. The number of hydrogen-bond donors (Lipinski definition) is 1. The molecule has 2 aromatic rings. The molecule has 132 valence electrons. The minimum atomic E-state index is -0.529. The zero-order chi connectivity index (χ0) is 18.6. The van der Waals surface area contributed by atoms with E-state index in [4.69, 9.17) is 4.74 Å². The van der Waals surface area contributed by atoms with Crippen molar-refractivity contribution in [2.75, 3.05) is 11.9 Å². The maximum atomic E-state index is 12.1. The summed E-state index contributed by atoms with van der Waals surface area (Å²) in [7, 11) is 0. The van der Waals surface area contributed by atoms with Crippen molar-refractivity contribution in [2.45, 2.75) is 34.6 Å². The first kappa shape index (κ1) is 18.4. The van der Waals surface area contributed by atoms with E-state index in [9.17, 15) is 9.59 Å². The summed E-state index contributed by atoms with van der Waals surface area (Å²) >= 11 is 0. The average Bonchev–Trinajstić information content (AvgIpc) is 2.81. The van der Waals surface area contributed by atoms with Crippen LogP contribution in [0.5, 0.6) is 0 Å². The topological polar surface area (TPSA) is 73.2 Å². The van der Waals surface area contributed by atoms with Crippen molar-refractivity contribution >= 4 is 17.6 Å². The van der Waals surface area contributed by atoms with Gasteiger partial charge in [0.25, 0.3) is 5.91 Å². The lowest BCUT2D eigenvalue weighted by atomic mass is 10.2. The zero-order valence-electron chi connectivity index (χ0n) is 15.2. The summed E-state index contributed by atoms with van der Waals surface area (Å²) < 4.78 is 6.69. The van der Waals surface area contributed by atoms with Gasteiger partial charge in [0.2, 0.25) is 0 Å². The highest BCUT2D eigenvalue weighted by Crippen LogP contribution is 2.23. The monoisotopic (exact) mass is 341 g/mol. The largest absolute Gasteiger partial charge is 0.452 e. The van der Waals surface area contributed by atoms with E-state index in [2.05, 4.69) is 10.4 Å². The third-order valence-electron chi connectivity index (χ3n) is 3.59. The molecule has 0 bridgehead atoms. The zero-order valence-corrected chi connectivity index (χ0v) is 15.2. The Morgan fingerprint density at radius 2 is 1.80 bits per heavy atom. The number of nitrogens with zero attached hydrogens (tertiary/aromatic N) is 2. The Hall–Kier alpha value is -2.89. The Balaban J connectivity index is 2.10. The highest BCUT2D eigenvalue weighted by atomic mass is 16.5. The van der Waals surface area contributed by atoms with Crippen LogP contribution >= 0.6 is 0 Å². The third-order valence-corrected chi connectivity index (χ3v) is 3.59. The Bertz CT molecular complexity index is 813. The smallest absolute Gasteiger partial charge is 0.331 e. The number of esters is 1. The first-order chi connectivity index (χ1) is 11.8. The fourth-order valence-electron chi connectivity index (χ4n) is 2.35. The van der Waals surface area contributed by atoms with Gasteiger partial charge in [-0.15, -0.1) is 0 Å². The first-order valence-electron chi connectivity index (χ1n) is 8.02. The molecule has 0 aliphatic carbocycles. The number of anilines is 1. The SMILES string of the molecule is CC(C)=CC(=O)OCC(=O)Nc1c(C)nn(-c2ccc(C)cc2)c1C. The van der Waals surface area contributed by atoms with Crippen LogP contribution < -0.4 is 5.32 Å². The molecule has 0 aliphatic rings. The van der Waals surface area contributed by atoms with Gasteiger partial charge in [-0.2, -0.15) is 5.10 Å². The van der Waals surface area contributed by atoms with E-state index in [1.165, 1.54) is 6.08 Å². The minimum absolute atomic E-state index is 0.336. The van der Waals surface area contributed by atoms with Crippen molar-refractivity contribution < 1.29 is 14.3 Å². The van der Waals surface area contributed by atoms with Crippen LogP contribution in [0.25, 0.3) is 5.69 Å². The molecular weight excluding hydrogens is 318 g/mol. The van der Waals surface area contributed by atoms with E-state index >= 15 is 0 Å². The van der Waals surface area contributed by atoms with Crippen LogP contribution in [0.2, 0.25) is 0 Å². The molecule has 0 saturated heterocycles. The summed E-state index contributed by atoms with van der Waals surface area (Å²) in [6.07, 6.45) is 1.35. The summed E-state index contributed by atoms with van der Waals surface area (Å²) in [6.45, 7) is 8.96. The number of nitrogens with one attached hydrogen (secondary N) is 1. The number of rotatable bonds is 5. The number of aryl methyl sites for hydroxylation is 2. The number of carbonyl (C=O) groups excluding carboxylic acids is 2. The van der Waals surface area contributed by atoms with Gasteiger partial charge in [0.15, 0.2) is 6.61 Å². The highest BCUT2D eigenvalue weighted by Gasteiger charge is 2.16. The minimum Gasteiger partial charge on any atom is -0.452 e. The third kappa shape index (κ3) is 4.79. The lowest BCUT2D eigenvalue weighted by molar-refractivity contribution is -0.142. The van der Waals surface area contributed by atoms with Gasteiger partial charge in [-0.25, -0.2) is 9.48 Å². The van der Waals surface area contributed by atoms with Crippen LogP contribution in [0.15, 0.2) is 35.9 Å². The lowest BCUT2D eigenvalue weighted by Gasteiger charge is -2.07. The molecule has 1 heterocycles. The summed E-state index contributed by atoms with van der Waals surface area (Å²) in [5.74, 6) is -0.927. The second kappa shape index (κ2) is 7.79.